The van der Waals surface area contributed by atoms with Crippen molar-refractivity contribution >= 4 is 34.0 Å². The lowest BCUT2D eigenvalue weighted by Gasteiger charge is -2.25. The number of benzene rings is 1. The van der Waals surface area contributed by atoms with Gasteiger partial charge in [-0.1, -0.05) is 0 Å². The average Bonchev–Trinajstić information content (AvgIpc) is 2.03. The number of nitrogens with zero attached hydrogens (tertiary/aromatic N) is 1. The van der Waals surface area contributed by atoms with Crippen LogP contribution in [0.1, 0.15) is 13.8 Å². The monoisotopic (exact) mass is 290 g/mol. The maximum atomic E-state index is 5.91. The lowest BCUT2D eigenvalue weighted by Crippen LogP contribution is -2.26. The van der Waals surface area contributed by atoms with Crippen molar-refractivity contribution in [3.05, 3.63) is 21.8 Å². The van der Waals surface area contributed by atoms with Gasteiger partial charge < -0.3 is 10.6 Å². The number of hydrogen-bond donors (Lipinski definition) is 1. The topological polar surface area (TPSA) is 29.3 Å². The van der Waals surface area contributed by atoms with Crippen LogP contribution in [0.15, 0.2) is 18.2 Å². The Morgan fingerprint density at radius 2 is 2.00 bits per heavy atom. The van der Waals surface area contributed by atoms with Crippen molar-refractivity contribution in [2.45, 2.75) is 19.9 Å². The van der Waals surface area contributed by atoms with Crippen LogP contribution < -0.4 is 10.6 Å². The van der Waals surface area contributed by atoms with E-state index in [-0.39, 0.29) is 0 Å². The summed E-state index contributed by atoms with van der Waals surface area (Å²) in [5.41, 5.74) is 7.87. The first-order valence-corrected chi connectivity index (χ1v) is 5.38. The Bertz CT molecular complexity index is 297. The van der Waals surface area contributed by atoms with Gasteiger partial charge >= 0.3 is 0 Å². The Morgan fingerprint density at radius 3 is 2.46 bits per heavy atom. The zero-order valence-electron chi connectivity index (χ0n) is 8.21. The van der Waals surface area contributed by atoms with Crippen LogP contribution in [-0.2, 0) is 0 Å². The lowest BCUT2D eigenvalue weighted by atomic mass is 10.2. The predicted molar refractivity (Wildman–Crippen MR) is 67.1 cm³/mol. The van der Waals surface area contributed by atoms with E-state index in [9.17, 15) is 0 Å². The summed E-state index contributed by atoms with van der Waals surface area (Å²) in [7, 11) is 2.06. The molecule has 2 N–H and O–H groups in total. The molecule has 0 fully saturated rings. The van der Waals surface area contributed by atoms with E-state index >= 15 is 0 Å². The Labute approximate surface area is 93.3 Å². The van der Waals surface area contributed by atoms with Crippen LogP contribution in [0.4, 0.5) is 11.4 Å². The van der Waals surface area contributed by atoms with Gasteiger partial charge in [-0.25, -0.2) is 0 Å². The fourth-order valence-electron chi connectivity index (χ4n) is 1.12. The maximum Gasteiger partial charge on any atom is 0.0600 e. The second-order valence-electron chi connectivity index (χ2n) is 3.41. The molecule has 1 aromatic carbocycles. The van der Waals surface area contributed by atoms with E-state index in [2.05, 4.69) is 60.5 Å². The van der Waals surface area contributed by atoms with Gasteiger partial charge in [0.1, 0.15) is 0 Å². The van der Waals surface area contributed by atoms with E-state index in [1.165, 1.54) is 3.57 Å². The van der Waals surface area contributed by atoms with Crippen LogP contribution in [0.3, 0.4) is 0 Å². The van der Waals surface area contributed by atoms with Crippen LogP contribution in [-0.4, -0.2) is 13.1 Å². The van der Waals surface area contributed by atoms with E-state index in [0.717, 1.165) is 11.4 Å². The number of nitrogens with two attached hydrogens (primary N) is 1. The molecule has 0 aliphatic rings. The van der Waals surface area contributed by atoms with Crippen LogP contribution in [0.2, 0.25) is 0 Å². The second-order valence-corrected chi connectivity index (χ2v) is 4.65. The first-order chi connectivity index (χ1) is 6.02. The van der Waals surface area contributed by atoms with Crippen LogP contribution in [0.5, 0.6) is 0 Å². The van der Waals surface area contributed by atoms with Gasteiger partial charge in [0.2, 0.25) is 0 Å². The molecular weight excluding hydrogens is 275 g/mol. The van der Waals surface area contributed by atoms with Crippen molar-refractivity contribution in [3.8, 4) is 0 Å². The highest BCUT2D eigenvalue weighted by molar-refractivity contribution is 14.1. The SMILES string of the molecule is CC(C)N(C)c1ccc(I)cc1N. The highest BCUT2D eigenvalue weighted by Gasteiger charge is 2.07. The van der Waals surface area contributed by atoms with E-state index in [1.54, 1.807) is 0 Å². The summed E-state index contributed by atoms with van der Waals surface area (Å²) >= 11 is 2.26. The molecular formula is C10H15IN2. The fourth-order valence-corrected chi connectivity index (χ4v) is 1.64. The van der Waals surface area contributed by atoms with Gasteiger partial charge in [-0.2, -0.15) is 0 Å². The Hall–Kier alpha value is -0.450. The molecule has 0 radical (unpaired) electrons. The standard InChI is InChI=1S/C10H15IN2/c1-7(2)13(3)10-5-4-8(11)6-9(10)12/h4-7H,12H2,1-3H3. The van der Waals surface area contributed by atoms with E-state index in [1.807, 2.05) is 6.07 Å². The van der Waals surface area contributed by atoms with Gasteiger partial charge in [0.25, 0.3) is 0 Å². The molecule has 72 valence electrons. The number of hydrogen-bond acceptors (Lipinski definition) is 2. The van der Waals surface area contributed by atoms with Crippen LogP contribution >= 0.6 is 22.6 Å². The number of anilines is 2. The molecule has 13 heavy (non-hydrogen) atoms. The zero-order valence-corrected chi connectivity index (χ0v) is 10.4. The molecule has 1 aromatic rings. The second kappa shape index (κ2) is 4.17. The summed E-state index contributed by atoms with van der Waals surface area (Å²) in [5.74, 6) is 0. The third kappa shape index (κ3) is 2.49. The summed E-state index contributed by atoms with van der Waals surface area (Å²) in [6, 6.07) is 6.61. The van der Waals surface area contributed by atoms with Crippen molar-refractivity contribution in [3.63, 3.8) is 0 Å². The summed E-state index contributed by atoms with van der Waals surface area (Å²) in [4.78, 5) is 2.17. The minimum atomic E-state index is 0.474. The van der Waals surface area contributed by atoms with Crippen molar-refractivity contribution < 1.29 is 0 Å². The molecule has 0 bridgehead atoms. The Kier molecular flexibility index (Phi) is 3.41. The maximum absolute atomic E-state index is 5.91. The first-order valence-electron chi connectivity index (χ1n) is 4.30. The smallest absolute Gasteiger partial charge is 0.0600 e. The van der Waals surface area contributed by atoms with Crippen molar-refractivity contribution in [1.82, 2.24) is 0 Å². The zero-order chi connectivity index (χ0) is 10.0. The average molecular weight is 290 g/mol. The Balaban J connectivity index is 3.01. The minimum absolute atomic E-state index is 0.474. The molecule has 0 spiro atoms. The van der Waals surface area contributed by atoms with E-state index < -0.39 is 0 Å². The highest BCUT2D eigenvalue weighted by Crippen LogP contribution is 2.25. The number of halogens is 1. The molecule has 0 saturated carbocycles. The molecule has 3 heteroatoms. The van der Waals surface area contributed by atoms with Crippen LogP contribution in [0, 0.1) is 3.57 Å². The van der Waals surface area contributed by atoms with Gasteiger partial charge in [0.15, 0.2) is 0 Å². The molecule has 0 aliphatic carbocycles. The highest BCUT2D eigenvalue weighted by atomic mass is 127. The molecule has 0 aliphatic heterocycles. The number of rotatable bonds is 2. The van der Waals surface area contributed by atoms with Crippen molar-refractivity contribution in [2.75, 3.05) is 17.7 Å². The molecule has 1 rings (SSSR count). The predicted octanol–water partition coefficient (Wildman–Crippen LogP) is 2.72. The Morgan fingerprint density at radius 1 is 1.38 bits per heavy atom. The molecule has 2 nitrogen and oxygen atoms in total. The summed E-state index contributed by atoms with van der Waals surface area (Å²) in [6.45, 7) is 4.30. The fraction of sp³-hybridized carbons (Fsp3) is 0.400. The van der Waals surface area contributed by atoms with Gasteiger partial charge in [-0.15, -0.1) is 0 Å². The van der Waals surface area contributed by atoms with E-state index in [0.29, 0.717) is 6.04 Å². The molecule has 0 atom stereocenters. The largest absolute Gasteiger partial charge is 0.397 e. The van der Waals surface area contributed by atoms with Crippen molar-refractivity contribution in [1.29, 1.82) is 0 Å². The quantitative estimate of drug-likeness (QED) is 0.670. The van der Waals surface area contributed by atoms with Gasteiger partial charge in [0, 0.05) is 16.7 Å². The number of nitrogen functional groups attached to an aromatic ring is 1. The summed E-state index contributed by atoms with van der Waals surface area (Å²) in [5, 5.41) is 0. The third-order valence-electron chi connectivity index (χ3n) is 2.14. The normalized spacial score (nSPS) is 10.5. The van der Waals surface area contributed by atoms with E-state index in [4.69, 9.17) is 5.73 Å². The summed E-state index contributed by atoms with van der Waals surface area (Å²) < 4.78 is 1.18. The summed E-state index contributed by atoms with van der Waals surface area (Å²) in [6.07, 6.45) is 0. The molecule has 0 amide bonds. The minimum Gasteiger partial charge on any atom is -0.397 e. The van der Waals surface area contributed by atoms with Gasteiger partial charge in [-0.3, -0.25) is 0 Å². The van der Waals surface area contributed by atoms with Gasteiger partial charge in [0.05, 0.1) is 11.4 Å². The lowest BCUT2D eigenvalue weighted by molar-refractivity contribution is 0.755. The molecule has 0 unspecified atom stereocenters. The first kappa shape index (κ1) is 10.6. The third-order valence-corrected chi connectivity index (χ3v) is 2.82. The molecule has 0 aromatic heterocycles. The van der Waals surface area contributed by atoms with Crippen LogP contribution in [0.25, 0.3) is 0 Å². The molecule has 0 saturated heterocycles. The van der Waals surface area contributed by atoms with Gasteiger partial charge in [-0.05, 0) is 54.6 Å². The molecule has 0 heterocycles. The van der Waals surface area contributed by atoms with Crippen molar-refractivity contribution in [2.24, 2.45) is 0 Å².